The lowest BCUT2D eigenvalue weighted by Crippen LogP contribution is -2.11. The average molecular weight is 829 g/mol. The predicted octanol–water partition coefficient (Wildman–Crippen LogP) is 15.9. The molecule has 0 spiro atoms. The van der Waals surface area contributed by atoms with Crippen molar-refractivity contribution in [3.8, 4) is 23.0 Å². The van der Waals surface area contributed by atoms with Crippen LogP contribution in [0.4, 0.5) is 60.5 Å². The van der Waals surface area contributed by atoms with Crippen LogP contribution >= 0.6 is 0 Å². The molecule has 10 rings (SSSR count). The number of ether oxygens (including phenoxy) is 2. The smallest absolute Gasteiger partial charge is 0.194 e. The minimum absolute atomic E-state index is 0.189. The van der Waals surface area contributed by atoms with Crippen LogP contribution in [0.1, 0.15) is 0 Å². The van der Waals surface area contributed by atoms with Gasteiger partial charge in [0.2, 0.25) is 0 Å². The second-order valence-corrected chi connectivity index (χ2v) is 14.5. The van der Waals surface area contributed by atoms with E-state index in [9.17, 15) is 26.3 Å². The van der Waals surface area contributed by atoms with E-state index in [1.807, 2.05) is 72.8 Å². The first-order chi connectivity index (χ1) is 30.2. The Morgan fingerprint density at radius 1 is 0.306 bits per heavy atom. The third-order valence-electron chi connectivity index (χ3n) is 10.7. The van der Waals surface area contributed by atoms with E-state index in [4.69, 9.17) is 9.47 Å². The summed E-state index contributed by atoms with van der Waals surface area (Å²) in [7, 11) is 0. The SMILES string of the molecule is Fc1cc(Oc2cccc(N(c3ccccc3)c3ccc4ccc5c(N(c6ccccc6)c6cccc(Oc7cc(F)c(F)c(F)c7)c6)ccc6ccc3c4c65)c2)cc(F)c1F. The van der Waals surface area contributed by atoms with Crippen LogP contribution in [-0.2, 0) is 0 Å². The minimum atomic E-state index is -1.57. The lowest BCUT2D eigenvalue weighted by atomic mass is 9.91. The first-order valence-electron chi connectivity index (χ1n) is 19.5. The minimum Gasteiger partial charge on any atom is -0.457 e. The lowest BCUT2D eigenvalue weighted by Gasteiger charge is -2.29. The Balaban J connectivity index is 1.12. The number of nitrogens with zero attached hydrogens (tertiary/aromatic N) is 2. The fourth-order valence-electron chi connectivity index (χ4n) is 8.00. The van der Waals surface area contributed by atoms with E-state index in [1.54, 1.807) is 36.4 Å². The highest BCUT2D eigenvalue weighted by molar-refractivity contribution is 6.28. The zero-order chi connectivity index (χ0) is 42.5. The van der Waals surface area contributed by atoms with Gasteiger partial charge in [-0.05, 0) is 82.2 Å². The molecule has 0 saturated carbocycles. The first-order valence-corrected chi connectivity index (χ1v) is 19.5. The summed E-state index contributed by atoms with van der Waals surface area (Å²) in [5, 5.41) is 5.91. The summed E-state index contributed by atoms with van der Waals surface area (Å²) >= 11 is 0. The fraction of sp³-hybridized carbons (Fsp3) is 0. The van der Waals surface area contributed by atoms with Gasteiger partial charge < -0.3 is 19.3 Å². The summed E-state index contributed by atoms with van der Waals surface area (Å²) in [6.45, 7) is 0. The summed E-state index contributed by atoms with van der Waals surface area (Å²) in [6.07, 6.45) is 0. The maximum Gasteiger partial charge on any atom is 0.194 e. The molecule has 0 aliphatic rings. The second-order valence-electron chi connectivity index (χ2n) is 14.5. The van der Waals surface area contributed by atoms with Crippen LogP contribution < -0.4 is 19.3 Å². The molecular weight excluding hydrogens is 799 g/mol. The molecule has 10 aromatic carbocycles. The summed E-state index contributed by atoms with van der Waals surface area (Å²) in [4.78, 5) is 4.15. The van der Waals surface area contributed by atoms with Crippen LogP contribution in [-0.4, -0.2) is 0 Å². The van der Waals surface area contributed by atoms with Crippen molar-refractivity contribution in [3.63, 3.8) is 0 Å². The molecule has 0 atom stereocenters. The van der Waals surface area contributed by atoms with E-state index in [2.05, 4.69) is 58.3 Å². The largest absolute Gasteiger partial charge is 0.457 e. The molecule has 0 saturated heterocycles. The molecule has 0 fully saturated rings. The molecule has 10 heteroatoms. The Hall–Kier alpha value is -7.98. The van der Waals surface area contributed by atoms with Gasteiger partial charge in [0, 0.05) is 69.9 Å². The van der Waals surface area contributed by atoms with Gasteiger partial charge in [0.1, 0.15) is 23.0 Å². The molecule has 10 aromatic rings. The number of hydrogen-bond acceptors (Lipinski definition) is 4. The molecule has 0 unspecified atom stereocenters. The summed E-state index contributed by atoms with van der Waals surface area (Å²) in [5.74, 6) is -8.39. The van der Waals surface area contributed by atoms with Gasteiger partial charge in [-0.3, -0.25) is 0 Å². The van der Waals surface area contributed by atoms with Gasteiger partial charge in [-0.1, -0.05) is 84.9 Å². The molecule has 0 heterocycles. The van der Waals surface area contributed by atoms with E-state index in [0.29, 0.717) is 11.4 Å². The normalized spacial score (nSPS) is 11.4. The highest BCUT2D eigenvalue weighted by Gasteiger charge is 2.23. The van der Waals surface area contributed by atoms with Gasteiger partial charge in [-0.2, -0.15) is 0 Å². The van der Waals surface area contributed by atoms with E-state index < -0.39 is 34.9 Å². The molecule has 0 amide bonds. The van der Waals surface area contributed by atoms with Crippen LogP contribution in [0.25, 0.3) is 32.3 Å². The van der Waals surface area contributed by atoms with Crippen LogP contribution in [0.2, 0.25) is 0 Å². The van der Waals surface area contributed by atoms with Gasteiger partial charge in [-0.15, -0.1) is 0 Å². The lowest BCUT2D eigenvalue weighted by molar-refractivity contribution is 0.423. The first kappa shape index (κ1) is 38.2. The fourth-order valence-corrected chi connectivity index (χ4v) is 8.00. The maximum absolute atomic E-state index is 14.1. The number of para-hydroxylation sites is 2. The average Bonchev–Trinajstić information content (AvgIpc) is 3.28. The van der Waals surface area contributed by atoms with Gasteiger partial charge >= 0.3 is 0 Å². The summed E-state index contributed by atoms with van der Waals surface area (Å²) in [5.41, 5.74) is 4.74. The van der Waals surface area contributed by atoms with Crippen LogP contribution in [0, 0.1) is 34.9 Å². The van der Waals surface area contributed by atoms with Crippen molar-refractivity contribution in [2.45, 2.75) is 0 Å². The van der Waals surface area contributed by atoms with Gasteiger partial charge in [-0.25, -0.2) is 26.3 Å². The van der Waals surface area contributed by atoms with Gasteiger partial charge in [0.15, 0.2) is 34.9 Å². The highest BCUT2D eigenvalue weighted by atomic mass is 19.2. The number of hydrogen-bond donors (Lipinski definition) is 0. The Morgan fingerprint density at radius 2 is 0.661 bits per heavy atom. The quantitative estimate of drug-likeness (QED) is 0.0779. The number of rotatable bonds is 10. The Morgan fingerprint density at radius 3 is 1.05 bits per heavy atom. The molecule has 0 bridgehead atoms. The monoisotopic (exact) mass is 828 g/mol. The summed E-state index contributed by atoms with van der Waals surface area (Å²) < 4.78 is 95.8. The molecule has 4 nitrogen and oxygen atoms in total. The Labute approximate surface area is 351 Å². The van der Waals surface area contributed by atoms with E-state index in [0.717, 1.165) is 79.3 Å². The number of halogens is 6. The summed E-state index contributed by atoms with van der Waals surface area (Å²) in [6, 6.07) is 53.5. The highest BCUT2D eigenvalue weighted by Crippen LogP contribution is 2.48. The molecule has 0 aliphatic carbocycles. The third kappa shape index (κ3) is 6.91. The molecule has 0 aliphatic heterocycles. The third-order valence-corrected chi connectivity index (χ3v) is 10.7. The van der Waals surface area contributed by atoms with Gasteiger partial charge in [0.25, 0.3) is 0 Å². The van der Waals surface area contributed by atoms with E-state index >= 15 is 0 Å². The van der Waals surface area contributed by atoms with Crippen molar-refractivity contribution in [2.24, 2.45) is 0 Å². The zero-order valence-electron chi connectivity index (χ0n) is 32.3. The molecule has 0 aromatic heterocycles. The van der Waals surface area contributed by atoms with Gasteiger partial charge in [0.05, 0.1) is 11.4 Å². The Kier molecular flexibility index (Phi) is 9.60. The second kappa shape index (κ2) is 15.6. The molecular formula is C52H30F6N2O2. The number of benzene rings is 10. The zero-order valence-corrected chi connectivity index (χ0v) is 32.3. The molecule has 0 N–H and O–H groups in total. The van der Waals surface area contributed by atoms with Crippen molar-refractivity contribution in [3.05, 3.63) is 217 Å². The van der Waals surface area contributed by atoms with Crippen LogP contribution in [0.5, 0.6) is 23.0 Å². The van der Waals surface area contributed by atoms with E-state index in [1.165, 1.54) is 0 Å². The van der Waals surface area contributed by atoms with Crippen molar-refractivity contribution >= 4 is 66.4 Å². The van der Waals surface area contributed by atoms with Crippen molar-refractivity contribution in [2.75, 3.05) is 9.80 Å². The van der Waals surface area contributed by atoms with Crippen molar-refractivity contribution < 1.29 is 35.8 Å². The topological polar surface area (TPSA) is 24.9 Å². The van der Waals surface area contributed by atoms with Crippen LogP contribution in [0.15, 0.2) is 182 Å². The molecule has 0 radical (unpaired) electrons. The van der Waals surface area contributed by atoms with E-state index in [-0.39, 0.29) is 23.0 Å². The van der Waals surface area contributed by atoms with Crippen molar-refractivity contribution in [1.29, 1.82) is 0 Å². The standard InChI is InChI=1S/C52H30F6N2O2/c53-43-27-39(28-44(54)51(43)57)61-37-15-7-13-35(25-37)59(33-9-3-1-4-10-33)47-23-19-31-18-22-42-48(24-20-32-17-21-41(47)49(31)50(32)42)60(34-11-5-2-6-12-34)36-14-8-16-38(26-36)62-40-29-45(55)52(58)46(56)30-40/h1-30H. The predicted molar refractivity (Wildman–Crippen MR) is 232 cm³/mol. The van der Waals surface area contributed by atoms with Crippen LogP contribution in [0.3, 0.4) is 0 Å². The molecule has 302 valence electrons. The van der Waals surface area contributed by atoms with Crippen molar-refractivity contribution in [1.82, 2.24) is 0 Å². The Bertz CT molecular complexity index is 3030. The molecule has 62 heavy (non-hydrogen) atoms. The maximum atomic E-state index is 14.1. The number of anilines is 6.